The fourth-order valence-corrected chi connectivity index (χ4v) is 17.2. The third-order valence-electron chi connectivity index (χ3n) is 22.4. The molecule has 0 aromatic heterocycles. The smallest absolute Gasteiger partial charge is 0.246 e. The van der Waals surface area contributed by atoms with Crippen LogP contribution in [0.15, 0.2) is 0 Å². The zero-order chi connectivity index (χ0) is 78.8. The molecular weight excluding hydrogens is 1420 g/mol. The number of carbonyl (C=O) groups is 16. The summed E-state index contributed by atoms with van der Waals surface area (Å²) < 4.78 is 0. The first-order valence-corrected chi connectivity index (χ1v) is 40.5. The van der Waals surface area contributed by atoms with E-state index >= 15 is 0 Å². The summed E-state index contributed by atoms with van der Waals surface area (Å²) in [5, 5.41) is 27.3. The van der Waals surface area contributed by atoms with Crippen molar-refractivity contribution in [3.8, 4) is 0 Å². The molecule has 0 spiro atoms. The van der Waals surface area contributed by atoms with Gasteiger partial charge in [-0.3, -0.25) is 76.7 Å². The fraction of sp³-hybridized carbons (Fsp3) is 0.781. The molecule has 14 atom stereocenters. The van der Waals surface area contributed by atoms with Gasteiger partial charge >= 0.3 is 0 Å². The van der Waals surface area contributed by atoms with E-state index in [1.807, 2.05) is 20.1 Å². The maximum absolute atomic E-state index is 15.0. The highest BCUT2D eigenvalue weighted by Gasteiger charge is 2.51. The zero-order valence-electron chi connectivity index (χ0n) is 63.7. The first-order valence-electron chi connectivity index (χ1n) is 39.2. The Morgan fingerprint density at radius 1 is 0.426 bits per heavy atom. The number of aliphatic hydroxyl groups is 1. The van der Waals surface area contributed by atoms with Crippen LogP contribution in [0.2, 0.25) is 0 Å². The maximum Gasteiger partial charge on any atom is 0.246 e. The number of primary amides is 2. The number of aliphatic hydroxyl groups excluding tert-OH is 1. The van der Waals surface area contributed by atoms with Crippen LogP contribution >= 0.6 is 11.8 Å². The molecule has 8 fully saturated rings. The Morgan fingerprint density at radius 3 is 1.22 bits per heavy atom. The van der Waals surface area contributed by atoms with Gasteiger partial charge in [0.05, 0.1) is 12.6 Å². The van der Waals surface area contributed by atoms with Crippen LogP contribution in [-0.4, -0.2) is 301 Å². The minimum atomic E-state index is -1.55. The second-order valence-corrected chi connectivity index (χ2v) is 31.9. The van der Waals surface area contributed by atoms with Gasteiger partial charge in [-0.25, -0.2) is 0 Å². The molecule has 13 N–H and O–H groups in total. The van der Waals surface area contributed by atoms with Gasteiger partial charge in [0, 0.05) is 65.2 Å². The number of unbranched alkanes of at least 4 members (excludes halogenated alkanes) is 2. The molecule has 8 aliphatic rings. The van der Waals surface area contributed by atoms with Crippen molar-refractivity contribution in [2.24, 2.45) is 29.0 Å². The Bertz CT molecular complexity index is 3310. The van der Waals surface area contributed by atoms with E-state index in [0.717, 1.165) is 12.8 Å². The van der Waals surface area contributed by atoms with Crippen LogP contribution in [0.1, 0.15) is 189 Å². The van der Waals surface area contributed by atoms with E-state index in [4.69, 9.17) is 17.2 Å². The zero-order valence-corrected chi connectivity index (χ0v) is 64.5. The Hall–Kier alpha value is -8.21. The molecule has 16 amide bonds. The molecule has 108 heavy (non-hydrogen) atoms. The molecule has 602 valence electrons. The molecule has 0 radical (unpaired) electrons. The van der Waals surface area contributed by atoms with Crippen LogP contribution in [0.3, 0.4) is 0 Å². The van der Waals surface area contributed by atoms with E-state index in [-0.39, 0.29) is 148 Å². The molecule has 0 saturated carbocycles. The minimum Gasteiger partial charge on any atom is -0.391 e. The molecule has 35 heteroatoms. The highest BCUT2D eigenvalue weighted by Crippen LogP contribution is 2.33. The van der Waals surface area contributed by atoms with Gasteiger partial charge in [-0.05, 0) is 172 Å². The second kappa shape index (κ2) is 39.9. The lowest BCUT2D eigenvalue weighted by molar-refractivity contribution is -0.151. The summed E-state index contributed by atoms with van der Waals surface area (Å²) in [6.07, 6.45) is 8.57. The van der Waals surface area contributed by atoms with Crippen LogP contribution < -0.4 is 49.1 Å². The van der Waals surface area contributed by atoms with Crippen LogP contribution in [0.4, 0.5) is 0 Å². The van der Waals surface area contributed by atoms with E-state index in [9.17, 15) is 81.8 Å². The van der Waals surface area contributed by atoms with E-state index in [1.165, 1.54) is 57.9 Å². The van der Waals surface area contributed by atoms with E-state index in [0.29, 0.717) is 76.5 Å². The van der Waals surface area contributed by atoms with Crippen molar-refractivity contribution >= 4 is 106 Å². The van der Waals surface area contributed by atoms with Crippen molar-refractivity contribution in [1.29, 1.82) is 0 Å². The molecule has 8 saturated heterocycles. The van der Waals surface area contributed by atoms with Crippen LogP contribution in [0, 0.1) is 11.8 Å². The number of likely N-dealkylation sites (tertiary alicyclic amines) is 8. The molecule has 8 aliphatic heterocycles. The number of hydrogen-bond donors (Lipinski definition) is 10. The summed E-state index contributed by atoms with van der Waals surface area (Å²) >= 11 is 1.42. The third kappa shape index (κ3) is 21.2. The van der Waals surface area contributed by atoms with Crippen molar-refractivity contribution in [3.05, 3.63) is 0 Å². The lowest BCUT2D eigenvalue weighted by Crippen LogP contribution is -2.61. The number of thioether (sulfide) groups is 1. The molecule has 0 aromatic rings. The Balaban J connectivity index is 0.865. The van der Waals surface area contributed by atoms with Gasteiger partial charge in [0.2, 0.25) is 94.5 Å². The first kappa shape index (κ1) is 85.4. The van der Waals surface area contributed by atoms with Gasteiger partial charge in [-0.2, -0.15) is 11.8 Å². The van der Waals surface area contributed by atoms with Gasteiger partial charge in [-0.15, -0.1) is 0 Å². The van der Waals surface area contributed by atoms with Gasteiger partial charge in [0.25, 0.3) is 0 Å². The van der Waals surface area contributed by atoms with Gasteiger partial charge in [-0.1, -0.05) is 34.1 Å². The minimum absolute atomic E-state index is 0.118. The molecule has 8 rings (SSSR count). The first-order chi connectivity index (χ1) is 51.5. The van der Waals surface area contributed by atoms with E-state index in [1.54, 1.807) is 13.8 Å². The molecule has 0 aromatic carbocycles. The molecule has 8 heterocycles. The standard InChI is InChI=1S/C73H117N17O17S/c1-42(2)40-47(68(102)88-36-15-22-52(88)69(103)86-34-13-21-51(86)65(99)81-59(43(3)4)73(107)90-38-17-25-55(90)71(105)84-32-11-19-49(84)62(96)78-45(61(76)95)27-28-56(75)92)80-63(97)50-20-12-33-85(50)70(104)54-24-16-37-89(54)72(106)53-23-14-35-87(53)67(101)46(29-39-108-6)79-66(100)60(44(5)91)82-64(98)48-18-10-31-83(48)58(94)41-77-57(93)26-8-7-9-30-74/h42-55,59-60,91H,7-41,74H2,1-6H3,(H2,75,92)(H2,76,95)(H,77,93)(H,78,96)(H,79,100)(H,80,97)(H,81,99)(H,82,98)/t44-,45+,46+,47+,48+,49+,50+,51+,52+,53+,54+,55+,59+,60+/m1/s1. The molecule has 34 nitrogen and oxygen atoms in total. The fourth-order valence-electron chi connectivity index (χ4n) is 16.7. The summed E-state index contributed by atoms with van der Waals surface area (Å²) in [4.78, 5) is 235. The third-order valence-corrected chi connectivity index (χ3v) is 23.0. The van der Waals surface area contributed by atoms with E-state index in [2.05, 4.69) is 31.9 Å². The lowest BCUT2D eigenvalue weighted by atomic mass is 10.0. The number of nitrogens with zero attached hydrogens (tertiary/aromatic N) is 8. The number of hydrogen-bond acceptors (Lipinski definition) is 19. The lowest BCUT2D eigenvalue weighted by Gasteiger charge is -2.36. The predicted molar refractivity (Wildman–Crippen MR) is 395 cm³/mol. The highest BCUT2D eigenvalue weighted by molar-refractivity contribution is 7.98. The predicted octanol–water partition coefficient (Wildman–Crippen LogP) is -2.44. The molecular formula is C73H117N17O17S. The van der Waals surface area contributed by atoms with Gasteiger partial charge in [0.15, 0.2) is 0 Å². The van der Waals surface area contributed by atoms with Gasteiger partial charge in [0.1, 0.15) is 78.5 Å². The van der Waals surface area contributed by atoms with Crippen molar-refractivity contribution in [2.75, 3.05) is 77.5 Å². The highest BCUT2D eigenvalue weighted by atomic mass is 32.2. The van der Waals surface area contributed by atoms with Gasteiger partial charge < -0.3 is 93.4 Å². The van der Waals surface area contributed by atoms with Crippen LogP contribution in [-0.2, 0) is 76.7 Å². The summed E-state index contributed by atoms with van der Waals surface area (Å²) in [5.74, 6) is -9.30. The number of carbonyl (C=O) groups excluding carboxylic acids is 16. The SMILES string of the molecule is CSCC[C@H](NC(=O)[C@@H](NC(=O)[C@@H]1CCCN1C(=O)CNC(=O)CCCCCN)[C@@H](C)O)C(=O)N1CCC[C@H]1C(=O)N1CCC[C@H]1C(=O)N1CCC[C@H]1C(=O)N[C@@H](CC(C)C)C(=O)N1CCC[C@H]1C(=O)N1CCC[C@H]1C(=O)N[C@H](C(=O)N1CCC[C@H]1C(=O)N1CCC[C@H]1C(=O)N[C@@H](CCC(N)=O)C(N)=O)C(C)C. The number of rotatable bonds is 35. The molecule has 0 unspecified atom stereocenters. The Kier molecular flexibility index (Phi) is 31.6. The van der Waals surface area contributed by atoms with E-state index < -0.39 is 179 Å². The largest absolute Gasteiger partial charge is 0.391 e. The number of nitrogens with two attached hydrogens (primary N) is 3. The summed E-state index contributed by atoms with van der Waals surface area (Å²) in [5.41, 5.74) is 16.3. The summed E-state index contributed by atoms with van der Waals surface area (Å²) in [6.45, 7) is 10.3. The number of amides is 16. The van der Waals surface area contributed by atoms with Crippen molar-refractivity contribution < 1.29 is 81.8 Å². The van der Waals surface area contributed by atoms with Crippen molar-refractivity contribution in [2.45, 2.75) is 273 Å². The van der Waals surface area contributed by atoms with Crippen molar-refractivity contribution in [1.82, 2.24) is 71.1 Å². The average Bonchev–Trinajstić information content (AvgIpc) is 1.63. The normalized spacial score (nSPS) is 24.5. The molecule has 0 bridgehead atoms. The monoisotopic (exact) mass is 1540 g/mol. The second-order valence-electron chi connectivity index (χ2n) is 30.9. The Morgan fingerprint density at radius 2 is 0.806 bits per heavy atom. The summed E-state index contributed by atoms with van der Waals surface area (Å²) in [7, 11) is 0. The topological polar surface area (TPSA) is 470 Å². The van der Waals surface area contributed by atoms with Crippen molar-refractivity contribution in [3.63, 3.8) is 0 Å². The maximum atomic E-state index is 15.0. The average molecular weight is 1540 g/mol. The van der Waals surface area contributed by atoms with Crippen LogP contribution in [0.25, 0.3) is 0 Å². The summed E-state index contributed by atoms with van der Waals surface area (Å²) in [6, 6.07) is -14.1. The quantitative estimate of drug-likeness (QED) is 0.0295. The van der Waals surface area contributed by atoms with Crippen LogP contribution in [0.5, 0.6) is 0 Å². The number of nitrogens with one attached hydrogen (secondary N) is 6. The Labute approximate surface area is 636 Å². The molecule has 0 aliphatic carbocycles.